The number of aryl methyl sites for hydroxylation is 2. The van der Waals surface area contributed by atoms with E-state index in [-0.39, 0.29) is 23.0 Å². The molecule has 0 unspecified atom stereocenters. The molecule has 3 aromatic rings. The molecule has 0 aromatic heterocycles. The summed E-state index contributed by atoms with van der Waals surface area (Å²) in [5.74, 6) is -10.3. The molecule has 0 spiro atoms. The minimum absolute atomic E-state index is 0.0366. The van der Waals surface area contributed by atoms with Gasteiger partial charge < -0.3 is 9.47 Å². The lowest BCUT2D eigenvalue weighted by Crippen LogP contribution is -2.10. The van der Waals surface area contributed by atoms with Crippen molar-refractivity contribution in [2.45, 2.75) is 20.5 Å². The first-order valence-electron chi connectivity index (χ1n) is 9.46. The van der Waals surface area contributed by atoms with Gasteiger partial charge in [0.25, 0.3) is 0 Å². The van der Waals surface area contributed by atoms with Gasteiger partial charge in [0.1, 0.15) is 18.1 Å². The molecule has 1 aliphatic heterocycles. The third-order valence-corrected chi connectivity index (χ3v) is 5.00. The largest absolute Gasteiger partial charge is 0.489 e. The van der Waals surface area contributed by atoms with Crippen LogP contribution in [0.15, 0.2) is 42.2 Å². The van der Waals surface area contributed by atoms with Crippen molar-refractivity contribution in [1.29, 1.82) is 0 Å². The Morgan fingerprint density at radius 2 is 1.47 bits per heavy atom. The summed E-state index contributed by atoms with van der Waals surface area (Å²) in [5.41, 5.74) is 1.48. The summed E-state index contributed by atoms with van der Waals surface area (Å²) < 4.78 is 78.6. The van der Waals surface area contributed by atoms with Crippen molar-refractivity contribution in [3.05, 3.63) is 99.1 Å². The summed E-state index contributed by atoms with van der Waals surface area (Å²) in [6.07, 6.45) is 1.58. The summed E-state index contributed by atoms with van der Waals surface area (Å²) in [4.78, 5) is 12.7. The molecule has 0 bridgehead atoms. The molecule has 0 saturated carbocycles. The Kier molecular flexibility index (Phi) is 5.46. The lowest BCUT2D eigenvalue weighted by Gasteiger charge is -2.11. The summed E-state index contributed by atoms with van der Waals surface area (Å²) in [6.45, 7) is 2.63. The molecular weight excluding hydrogens is 431 g/mol. The molecule has 1 heterocycles. The van der Waals surface area contributed by atoms with Gasteiger partial charge in [-0.15, -0.1) is 0 Å². The number of fused-ring (bicyclic) bond motifs is 1. The van der Waals surface area contributed by atoms with E-state index in [1.165, 1.54) is 12.1 Å². The van der Waals surface area contributed by atoms with Gasteiger partial charge in [-0.25, -0.2) is 22.0 Å². The molecule has 3 aromatic carbocycles. The predicted octanol–water partition coefficient (Wildman–Crippen LogP) is 6.19. The quantitative estimate of drug-likeness (QED) is 0.207. The summed E-state index contributed by atoms with van der Waals surface area (Å²) in [5, 5.41) is 0. The van der Waals surface area contributed by atoms with Crippen molar-refractivity contribution < 1.29 is 36.2 Å². The summed E-state index contributed by atoms with van der Waals surface area (Å²) in [7, 11) is 0. The SMILES string of the molecule is Cc1ccc(/C=C2\Oc3cc(OCc4c(F)c(F)c(F)c(F)c4F)cc(C)c3C2=O)cc1. The molecule has 4 rings (SSSR count). The first-order chi connectivity index (χ1) is 15.2. The Morgan fingerprint density at radius 1 is 0.875 bits per heavy atom. The lowest BCUT2D eigenvalue weighted by molar-refractivity contribution is 0.101. The van der Waals surface area contributed by atoms with E-state index in [0.717, 1.165) is 11.1 Å². The molecule has 0 radical (unpaired) electrons. The van der Waals surface area contributed by atoms with Gasteiger partial charge in [-0.3, -0.25) is 4.79 Å². The Morgan fingerprint density at radius 3 is 2.09 bits per heavy atom. The molecule has 0 amide bonds. The van der Waals surface area contributed by atoms with Crippen LogP contribution in [0.3, 0.4) is 0 Å². The van der Waals surface area contributed by atoms with Gasteiger partial charge in [-0.05, 0) is 37.1 Å². The van der Waals surface area contributed by atoms with Crippen LogP contribution in [0.5, 0.6) is 11.5 Å². The van der Waals surface area contributed by atoms with Crippen LogP contribution in [-0.2, 0) is 6.61 Å². The van der Waals surface area contributed by atoms with Crippen LogP contribution >= 0.6 is 0 Å². The van der Waals surface area contributed by atoms with E-state index in [0.29, 0.717) is 11.1 Å². The number of carbonyl (C=O) groups is 1. The average molecular weight is 446 g/mol. The van der Waals surface area contributed by atoms with Crippen LogP contribution in [0, 0.1) is 42.9 Å². The van der Waals surface area contributed by atoms with Gasteiger partial charge in [0.05, 0.1) is 11.1 Å². The number of hydrogen-bond donors (Lipinski definition) is 0. The number of halogens is 5. The van der Waals surface area contributed by atoms with Crippen LogP contribution in [-0.4, -0.2) is 5.78 Å². The molecule has 0 N–H and O–H groups in total. The Balaban J connectivity index is 1.60. The minimum Gasteiger partial charge on any atom is -0.489 e. The number of Topliss-reactive ketones (excluding diaryl/α,β-unsaturated/α-hetero) is 1. The summed E-state index contributed by atoms with van der Waals surface area (Å²) in [6, 6.07) is 10.2. The van der Waals surface area contributed by atoms with Gasteiger partial charge in [0.2, 0.25) is 11.6 Å². The van der Waals surface area contributed by atoms with Crippen molar-refractivity contribution in [2.24, 2.45) is 0 Å². The number of ketones is 1. The third kappa shape index (κ3) is 3.72. The van der Waals surface area contributed by atoms with Gasteiger partial charge in [-0.2, -0.15) is 0 Å². The first-order valence-corrected chi connectivity index (χ1v) is 9.46. The standard InChI is InChI=1S/C24H15F5O3/c1-11-3-5-13(6-4-11)8-17-24(30)18-12(2)7-14(9-16(18)32-17)31-10-15-19(25)21(27)23(29)22(28)20(15)26/h3-9H,10H2,1-2H3/b17-8-. The molecule has 1 aliphatic rings. The van der Waals surface area contributed by atoms with Crippen LogP contribution in [0.25, 0.3) is 6.08 Å². The van der Waals surface area contributed by atoms with Gasteiger partial charge in [0.15, 0.2) is 29.0 Å². The molecule has 3 nitrogen and oxygen atoms in total. The first kappa shape index (κ1) is 21.5. The monoisotopic (exact) mass is 446 g/mol. The van der Waals surface area contributed by atoms with E-state index in [9.17, 15) is 26.7 Å². The van der Waals surface area contributed by atoms with Crippen molar-refractivity contribution in [1.82, 2.24) is 0 Å². The summed E-state index contributed by atoms with van der Waals surface area (Å²) >= 11 is 0. The van der Waals surface area contributed by atoms with Crippen molar-refractivity contribution in [3.63, 3.8) is 0 Å². The zero-order valence-corrected chi connectivity index (χ0v) is 16.9. The zero-order valence-electron chi connectivity index (χ0n) is 16.9. The number of carbonyl (C=O) groups excluding carboxylic acids is 1. The normalized spacial score (nSPS) is 14.0. The van der Waals surface area contributed by atoms with Crippen molar-refractivity contribution in [2.75, 3.05) is 0 Å². The lowest BCUT2D eigenvalue weighted by atomic mass is 10.0. The van der Waals surface area contributed by atoms with E-state index in [4.69, 9.17) is 9.47 Å². The Bertz CT molecular complexity index is 1250. The maximum absolute atomic E-state index is 13.9. The molecule has 0 atom stereocenters. The highest BCUT2D eigenvalue weighted by Gasteiger charge is 2.30. The molecule has 8 heteroatoms. The van der Waals surface area contributed by atoms with E-state index < -0.39 is 41.3 Å². The Hall–Kier alpha value is -3.68. The van der Waals surface area contributed by atoms with Gasteiger partial charge in [0, 0.05) is 6.07 Å². The van der Waals surface area contributed by atoms with E-state index in [2.05, 4.69) is 0 Å². The topological polar surface area (TPSA) is 35.5 Å². The van der Waals surface area contributed by atoms with Crippen LogP contribution in [0.2, 0.25) is 0 Å². The molecule has 0 saturated heterocycles. The molecule has 0 aliphatic carbocycles. The molecular formula is C24H15F5O3. The maximum atomic E-state index is 13.9. The second kappa shape index (κ2) is 8.11. The Labute approximate surface area is 179 Å². The third-order valence-electron chi connectivity index (χ3n) is 5.00. The molecule has 164 valence electrons. The predicted molar refractivity (Wildman–Crippen MR) is 106 cm³/mol. The van der Waals surface area contributed by atoms with Crippen LogP contribution < -0.4 is 9.47 Å². The van der Waals surface area contributed by atoms with Crippen LogP contribution in [0.4, 0.5) is 22.0 Å². The average Bonchev–Trinajstić information content (AvgIpc) is 3.08. The van der Waals surface area contributed by atoms with E-state index in [1.54, 1.807) is 13.0 Å². The number of hydrogen-bond acceptors (Lipinski definition) is 3. The fourth-order valence-electron chi connectivity index (χ4n) is 3.31. The highest BCUT2D eigenvalue weighted by Crippen LogP contribution is 2.38. The number of rotatable bonds is 4. The fraction of sp³-hybridized carbons (Fsp3) is 0.125. The number of benzene rings is 3. The van der Waals surface area contributed by atoms with E-state index in [1.807, 2.05) is 31.2 Å². The number of ether oxygens (including phenoxy) is 2. The second-order valence-corrected chi connectivity index (χ2v) is 7.30. The second-order valence-electron chi connectivity index (χ2n) is 7.30. The van der Waals surface area contributed by atoms with Crippen molar-refractivity contribution >= 4 is 11.9 Å². The maximum Gasteiger partial charge on any atom is 0.232 e. The van der Waals surface area contributed by atoms with Crippen LogP contribution in [0.1, 0.15) is 32.6 Å². The highest BCUT2D eigenvalue weighted by atomic mass is 19.2. The molecule has 32 heavy (non-hydrogen) atoms. The van der Waals surface area contributed by atoms with Gasteiger partial charge >= 0.3 is 0 Å². The smallest absolute Gasteiger partial charge is 0.232 e. The molecule has 0 fully saturated rings. The van der Waals surface area contributed by atoms with Crippen molar-refractivity contribution in [3.8, 4) is 11.5 Å². The fourth-order valence-corrected chi connectivity index (χ4v) is 3.31. The highest BCUT2D eigenvalue weighted by molar-refractivity contribution is 6.15. The minimum atomic E-state index is -2.24. The van der Waals surface area contributed by atoms with Gasteiger partial charge in [-0.1, -0.05) is 29.8 Å². The zero-order chi connectivity index (χ0) is 23.2. The van der Waals surface area contributed by atoms with E-state index >= 15 is 0 Å². The number of allylic oxidation sites excluding steroid dienone is 1.